The summed E-state index contributed by atoms with van der Waals surface area (Å²) in [5, 5.41) is 5.75. The van der Waals surface area contributed by atoms with Crippen LogP contribution in [0.25, 0.3) is 0 Å². The van der Waals surface area contributed by atoms with Crippen LogP contribution >= 0.6 is 24.8 Å². The molecule has 0 spiro atoms. The van der Waals surface area contributed by atoms with Crippen LogP contribution in [0.1, 0.15) is 40.1 Å². The third-order valence-corrected chi connectivity index (χ3v) is 4.52. The van der Waals surface area contributed by atoms with Gasteiger partial charge in [0.25, 0.3) is 11.8 Å². The lowest BCUT2D eigenvalue weighted by atomic mass is 10.1. The van der Waals surface area contributed by atoms with Gasteiger partial charge in [-0.15, -0.1) is 24.8 Å². The number of halogens is 2. The molecule has 0 heterocycles. The molecular weight excluding hydrogens is 411 g/mol. The number of rotatable bonds is 8. The quantitative estimate of drug-likeness (QED) is 0.545. The third kappa shape index (κ3) is 7.93. The molecule has 29 heavy (non-hydrogen) atoms. The van der Waals surface area contributed by atoms with E-state index in [1.807, 2.05) is 13.0 Å². The zero-order valence-corrected chi connectivity index (χ0v) is 18.7. The Kier molecular flexibility index (Phi) is 12.0. The largest absolute Gasteiger partial charge is 0.399 e. The topological polar surface area (TPSA) is 87.5 Å². The number of likely N-dealkylation sites (N-methyl/N-ethyl adjacent to an activating group) is 1. The van der Waals surface area contributed by atoms with Gasteiger partial charge in [-0.25, -0.2) is 0 Å². The number of nitrogens with one attached hydrogen (secondary N) is 2. The number of anilines is 2. The van der Waals surface area contributed by atoms with Crippen molar-refractivity contribution in [1.29, 1.82) is 0 Å². The molecule has 0 bridgehead atoms. The number of benzene rings is 2. The van der Waals surface area contributed by atoms with Gasteiger partial charge in [0.2, 0.25) is 0 Å². The Labute approximate surface area is 185 Å². The number of nitrogens with two attached hydrogens (primary N) is 1. The minimum absolute atomic E-state index is 0. The minimum atomic E-state index is -0.226. The van der Waals surface area contributed by atoms with Crippen LogP contribution in [-0.4, -0.2) is 42.9 Å². The summed E-state index contributed by atoms with van der Waals surface area (Å²) < 4.78 is 0. The highest BCUT2D eigenvalue weighted by molar-refractivity contribution is 6.06. The summed E-state index contributed by atoms with van der Waals surface area (Å²) in [7, 11) is 0. The summed E-state index contributed by atoms with van der Waals surface area (Å²) in [4.78, 5) is 26.9. The molecule has 2 rings (SSSR count). The van der Waals surface area contributed by atoms with Gasteiger partial charge < -0.3 is 21.3 Å². The number of carbonyl (C=O) groups excluding carboxylic acids is 2. The number of amides is 2. The number of hydrogen-bond acceptors (Lipinski definition) is 4. The van der Waals surface area contributed by atoms with E-state index in [0.717, 1.165) is 25.2 Å². The van der Waals surface area contributed by atoms with Crippen LogP contribution in [0.15, 0.2) is 42.5 Å². The third-order valence-electron chi connectivity index (χ3n) is 4.52. The van der Waals surface area contributed by atoms with E-state index in [4.69, 9.17) is 5.73 Å². The molecule has 0 aliphatic heterocycles. The minimum Gasteiger partial charge on any atom is -0.399 e. The number of nitrogens with zero attached hydrogens (tertiary/aromatic N) is 1. The predicted molar refractivity (Wildman–Crippen MR) is 125 cm³/mol. The van der Waals surface area contributed by atoms with Crippen molar-refractivity contribution in [3.8, 4) is 0 Å². The van der Waals surface area contributed by atoms with Crippen LogP contribution in [-0.2, 0) is 0 Å². The second kappa shape index (κ2) is 13.0. The van der Waals surface area contributed by atoms with Crippen molar-refractivity contribution < 1.29 is 9.59 Å². The molecule has 0 aromatic heterocycles. The lowest BCUT2D eigenvalue weighted by Crippen LogP contribution is -2.34. The lowest BCUT2D eigenvalue weighted by molar-refractivity contribution is 0.0948. The van der Waals surface area contributed by atoms with E-state index in [0.29, 0.717) is 29.0 Å². The van der Waals surface area contributed by atoms with Gasteiger partial charge in [-0.05, 0) is 62.0 Å². The zero-order chi connectivity index (χ0) is 19.8. The molecule has 0 radical (unpaired) electrons. The maximum atomic E-state index is 12.4. The first-order valence-corrected chi connectivity index (χ1v) is 9.22. The highest BCUT2D eigenvalue weighted by Gasteiger charge is 2.11. The van der Waals surface area contributed by atoms with Gasteiger partial charge in [-0.2, -0.15) is 0 Å². The van der Waals surface area contributed by atoms with Crippen molar-refractivity contribution in [2.75, 3.05) is 37.2 Å². The van der Waals surface area contributed by atoms with Crippen molar-refractivity contribution in [2.24, 2.45) is 0 Å². The first-order chi connectivity index (χ1) is 12.9. The Hall–Kier alpha value is -2.28. The molecule has 8 heteroatoms. The normalized spacial score (nSPS) is 9.93. The van der Waals surface area contributed by atoms with Crippen LogP contribution in [0.4, 0.5) is 11.4 Å². The van der Waals surface area contributed by atoms with Gasteiger partial charge in [-0.1, -0.05) is 19.9 Å². The maximum Gasteiger partial charge on any atom is 0.256 e. The molecule has 0 aliphatic rings. The van der Waals surface area contributed by atoms with Gasteiger partial charge in [-0.3, -0.25) is 9.59 Å². The Bertz CT molecular complexity index is 794. The van der Waals surface area contributed by atoms with Crippen LogP contribution in [0.3, 0.4) is 0 Å². The van der Waals surface area contributed by atoms with E-state index < -0.39 is 0 Å². The van der Waals surface area contributed by atoms with Crippen LogP contribution < -0.4 is 16.4 Å². The number of aryl methyl sites for hydroxylation is 1. The second-order valence-electron chi connectivity index (χ2n) is 6.39. The van der Waals surface area contributed by atoms with E-state index >= 15 is 0 Å². The maximum absolute atomic E-state index is 12.4. The molecule has 0 atom stereocenters. The molecule has 160 valence electrons. The average Bonchev–Trinajstić information content (AvgIpc) is 2.67. The zero-order valence-electron chi connectivity index (χ0n) is 17.0. The van der Waals surface area contributed by atoms with Gasteiger partial charge in [0.05, 0.1) is 0 Å². The van der Waals surface area contributed by atoms with Crippen molar-refractivity contribution in [2.45, 2.75) is 20.8 Å². The molecule has 2 aromatic carbocycles. The summed E-state index contributed by atoms with van der Waals surface area (Å²) in [5.41, 5.74) is 8.88. The first kappa shape index (κ1) is 26.7. The van der Waals surface area contributed by atoms with Crippen LogP contribution in [0.2, 0.25) is 0 Å². The Morgan fingerprint density at radius 1 is 0.966 bits per heavy atom. The SMILES string of the molecule is CCN(CC)CCNC(=O)c1ccc(NC(=O)c2cc(N)ccc2C)cc1.Cl.Cl. The first-order valence-electron chi connectivity index (χ1n) is 9.22. The lowest BCUT2D eigenvalue weighted by Gasteiger charge is -2.18. The van der Waals surface area contributed by atoms with Gasteiger partial charge in [0, 0.05) is 35.6 Å². The molecule has 0 fully saturated rings. The molecule has 0 saturated carbocycles. The van der Waals surface area contributed by atoms with E-state index in [-0.39, 0.29) is 36.6 Å². The van der Waals surface area contributed by atoms with E-state index in [9.17, 15) is 9.59 Å². The number of nitrogen functional groups attached to an aromatic ring is 1. The van der Waals surface area contributed by atoms with Crippen LogP contribution in [0.5, 0.6) is 0 Å². The van der Waals surface area contributed by atoms with E-state index in [1.54, 1.807) is 36.4 Å². The molecule has 0 unspecified atom stereocenters. The Morgan fingerprint density at radius 3 is 2.17 bits per heavy atom. The Balaban J connectivity index is 0.00000392. The molecule has 0 saturated heterocycles. The van der Waals surface area contributed by atoms with Gasteiger partial charge in [0.1, 0.15) is 0 Å². The predicted octanol–water partition coefficient (Wildman–Crippen LogP) is 3.74. The van der Waals surface area contributed by atoms with Gasteiger partial charge in [0.15, 0.2) is 0 Å². The molecule has 6 nitrogen and oxygen atoms in total. The highest BCUT2D eigenvalue weighted by Crippen LogP contribution is 2.16. The summed E-state index contributed by atoms with van der Waals surface area (Å²) in [6.45, 7) is 9.42. The van der Waals surface area contributed by atoms with Crippen molar-refractivity contribution in [1.82, 2.24) is 10.2 Å². The number of hydrogen-bond donors (Lipinski definition) is 3. The second-order valence-corrected chi connectivity index (χ2v) is 6.39. The van der Waals surface area contributed by atoms with Crippen molar-refractivity contribution in [3.63, 3.8) is 0 Å². The monoisotopic (exact) mass is 440 g/mol. The molecule has 2 aromatic rings. The average molecular weight is 441 g/mol. The fourth-order valence-corrected chi connectivity index (χ4v) is 2.76. The molecule has 2 amide bonds. The van der Waals surface area contributed by atoms with Crippen molar-refractivity contribution >= 4 is 48.0 Å². The molecule has 0 aliphatic carbocycles. The summed E-state index contributed by atoms with van der Waals surface area (Å²) in [5.74, 6) is -0.345. The fraction of sp³-hybridized carbons (Fsp3) is 0.333. The Morgan fingerprint density at radius 2 is 1.59 bits per heavy atom. The van der Waals surface area contributed by atoms with E-state index in [2.05, 4.69) is 29.4 Å². The van der Waals surface area contributed by atoms with Gasteiger partial charge >= 0.3 is 0 Å². The molecule has 4 N–H and O–H groups in total. The van der Waals surface area contributed by atoms with Crippen molar-refractivity contribution in [3.05, 3.63) is 59.2 Å². The standard InChI is InChI=1S/C21H28N4O2.2ClH/c1-4-25(5-2)13-12-23-20(26)16-7-10-18(11-8-16)24-21(27)19-14-17(22)9-6-15(19)3;;/h6-11,14H,4-5,12-13,22H2,1-3H3,(H,23,26)(H,24,27);2*1H. The highest BCUT2D eigenvalue weighted by atomic mass is 35.5. The fourth-order valence-electron chi connectivity index (χ4n) is 2.76. The van der Waals surface area contributed by atoms with E-state index in [1.165, 1.54) is 0 Å². The smallest absolute Gasteiger partial charge is 0.256 e. The van der Waals surface area contributed by atoms with Crippen LogP contribution in [0, 0.1) is 6.92 Å². The molecular formula is C21H30Cl2N4O2. The summed E-state index contributed by atoms with van der Waals surface area (Å²) >= 11 is 0. The summed E-state index contributed by atoms with van der Waals surface area (Å²) in [6, 6.07) is 12.1. The number of carbonyl (C=O) groups is 2. The summed E-state index contributed by atoms with van der Waals surface area (Å²) in [6.07, 6.45) is 0.